The molecule has 4 rings (SSSR count). The third-order valence-corrected chi connectivity index (χ3v) is 6.23. The maximum atomic E-state index is 13.8. The van der Waals surface area contributed by atoms with Gasteiger partial charge in [0.25, 0.3) is 5.91 Å². The van der Waals surface area contributed by atoms with Crippen LogP contribution < -0.4 is 5.01 Å². The van der Waals surface area contributed by atoms with Crippen molar-refractivity contribution < 1.29 is 27.5 Å². The Balaban J connectivity index is 1.64. The van der Waals surface area contributed by atoms with Crippen LogP contribution in [0.4, 0.5) is 23.1 Å². The van der Waals surface area contributed by atoms with Gasteiger partial charge in [0.2, 0.25) is 5.13 Å². The van der Waals surface area contributed by atoms with E-state index in [1.807, 2.05) is 0 Å². The number of para-hydroxylation sites is 1. The van der Waals surface area contributed by atoms with Gasteiger partial charge in [-0.3, -0.25) is 4.79 Å². The number of carbonyl (C=O) groups is 2. The molecule has 0 bridgehead atoms. The first kappa shape index (κ1) is 22.1. The Bertz CT molecular complexity index is 1090. The molecule has 2 aliphatic heterocycles. The van der Waals surface area contributed by atoms with Crippen LogP contribution in [0.3, 0.4) is 0 Å². The molecule has 1 aromatic carbocycles. The molecule has 0 saturated carbocycles. The number of allylic oxidation sites excluding steroid dienone is 1. The highest BCUT2D eigenvalue weighted by Gasteiger charge is 2.49. The Hall–Kier alpha value is -3.15. The van der Waals surface area contributed by atoms with E-state index in [-0.39, 0.29) is 43.6 Å². The summed E-state index contributed by atoms with van der Waals surface area (Å²) in [6.07, 6.45) is -5.28. The number of thiazole rings is 1. The van der Waals surface area contributed by atoms with Gasteiger partial charge in [-0.1, -0.05) is 23.5 Å². The summed E-state index contributed by atoms with van der Waals surface area (Å²) in [5, 5.41) is 4.43. The topological polar surface area (TPSA) is 78.3 Å². The van der Waals surface area contributed by atoms with Crippen LogP contribution in [-0.4, -0.2) is 71.5 Å². The molecule has 2 aliphatic rings. The van der Waals surface area contributed by atoms with Crippen molar-refractivity contribution in [2.75, 3.05) is 37.8 Å². The molecular formula is C20H20F3N5O3S. The summed E-state index contributed by atoms with van der Waals surface area (Å²) in [6.45, 7) is 4.50. The van der Waals surface area contributed by atoms with Crippen LogP contribution in [0.25, 0.3) is 10.2 Å². The SMILES string of the molecule is CCOC(=O)N1CCN(/C(C)=C2\C(=O)N(c3nc4ccccc4s3)N=C2C(F)(F)F)CC1. The molecule has 2 aromatic rings. The van der Waals surface area contributed by atoms with Crippen LogP contribution in [0, 0.1) is 0 Å². The Labute approximate surface area is 185 Å². The van der Waals surface area contributed by atoms with Gasteiger partial charge in [0, 0.05) is 31.9 Å². The number of hydrogen-bond donors (Lipinski definition) is 0. The number of hydrazone groups is 1. The number of anilines is 1. The monoisotopic (exact) mass is 467 g/mol. The molecule has 3 heterocycles. The number of rotatable bonds is 3. The first-order valence-electron chi connectivity index (χ1n) is 9.94. The molecule has 0 unspecified atom stereocenters. The summed E-state index contributed by atoms with van der Waals surface area (Å²) in [6, 6.07) is 7.03. The Morgan fingerprint density at radius 2 is 1.81 bits per heavy atom. The smallest absolute Gasteiger partial charge is 0.436 e. The van der Waals surface area contributed by atoms with Gasteiger partial charge < -0.3 is 14.5 Å². The number of benzene rings is 1. The van der Waals surface area contributed by atoms with Gasteiger partial charge in [-0.05, 0) is 26.0 Å². The van der Waals surface area contributed by atoms with Crippen molar-refractivity contribution in [3.63, 3.8) is 0 Å². The Morgan fingerprint density at radius 1 is 1.16 bits per heavy atom. The van der Waals surface area contributed by atoms with E-state index < -0.39 is 29.5 Å². The first-order valence-corrected chi connectivity index (χ1v) is 10.8. The van der Waals surface area contributed by atoms with E-state index in [1.165, 1.54) is 11.8 Å². The molecule has 1 saturated heterocycles. The lowest BCUT2D eigenvalue weighted by Gasteiger charge is -2.36. The average Bonchev–Trinajstić information content (AvgIpc) is 3.34. The second kappa shape index (κ2) is 8.41. The third-order valence-electron chi connectivity index (χ3n) is 5.22. The minimum Gasteiger partial charge on any atom is -0.450 e. The number of ether oxygens (including phenoxy) is 1. The van der Waals surface area contributed by atoms with Gasteiger partial charge in [0.1, 0.15) is 0 Å². The van der Waals surface area contributed by atoms with Gasteiger partial charge in [-0.2, -0.15) is 23.3 Å². The van der Waals surface area contributed by atoms with Gasteiger partial charge in [-0.15, -0.1) is 0 Å². The lowest BCUT2D eigenvalue weighted by atomic mass is 10.1. The average molecular weight is 467 g/mol. The molecule has 1 aromatic heterocycles. The van der Waals surface area contributed by atoms with E-state index in [0.29, 0.717) is 5.52 Å². The molecule has 170 valence electrons. The highest BCUT2D eigenvalue weighted by molar-refractivity contribution is 7.22. The van der Waals surface area contributed by atoms with E-state index in [2.05, 4.69) is 10.1 Å². The van der Waals surface area contributed by atoms with Crippen molar-refractivity contribution >= 4 is 44.4 Å². The minimum absolute atomic E-state index is 0.0767. The van der Waals surface area contributed by atoms with Gasteiger partial charge in [-0.25, -0.2) is 9.78 Å². The van der Waals surface area contributed by atoms with Crippen LogP contribution in [0.2, 0.25) is 0 Å². The summed E-state index contributed by atoms with van der Waals surface area (Å²) in [7, 11) is 0. The number of piperazine rings is 1. The summed E-state index contributed by atoms with van der Waals surface area (Å²) < 4.78 is 47.1. The predicted octanol–water partition coefficient (Wildman–Crippen LogP) is 3.61. The molecule has 32 heavy (non-hydrogen) atoms. The molecule has 0 spiro atoms. The summed E-state index contributed by atoms with van der Waals surface area (Å²) >= 11 is 1.09. The van der Waals surface area contributed by atoms with Crippen LogP contribution in [0.5, 0.6) is 0 Å². The molecule has 0 N–H and O–H groups in total. The highest BCUT2D eigenvalue weighted by atomic mass is 32.1. The molecule has 2 amide bonds. The van der Waals surface area contributed by atoms with Gasteiger partial charge in [0.05, 0.1) is 22.4 Å². The van der Waals surface area contributed by atoms with Crippen LogP contribution >= 0.6 is 11.3 Å². The largest absolute Gasteiger partial charge is 0.450 e. The minimum atomic E-state index is -4.82. The zero-order chi connectivity index (χ0) is 23.0. The molecule has 1 fully saturated rings. The van der Waals surface area contributed by atoms with Crippen LogP contribution in [-0.2, 0) is 9.53 Å². The number of halogens is 3. The normalized spacial score (nSPS) is 19.0. The van der Waals surface area contributed by atoms with Crippen LogP contribution in [0.1, 0.15) is 13.8 Å². The lowest BCUT2D eigenvalue weighted by Crippen LogP contribution is -2.48. The van der Waals surface area contributed by atoms with Crippen molar-refractivity contribution in [1.82, 2.24) is 14.8 Å². The first-order chi connectivity index (χ1) is 15.2. The number of fused-ring (bicyclic) bond motifs is 1. The van der Waals surface area contributed by atoms with E-state index in [4.69, 9.17) is 4.74 Å². The van der Waals surface area contributed by atoms with E-state index >= 15 is 0 Å². The maximum Gasteiger partial charge on any atom is 0.436 e. The zero-order valence-electron chi connectivity index (χ0n) is 17.3. The Morgan fingerprint density at radius 3 is 2.44 bits per heavy atom. The molecule has 0 radical (unpaired) electrons. The fraction of sp³-hybridized carbons (Fsp3) is 0.400. The molecule has 12 heteroatoms. The number of hydrogen-bond acceptors (Lipinski definition) is 7. The van der Waals surface area contributed by atoms with Crippen molar-refractivity contribution in [1.29, 1.82) is 0 Å². The lowest BCUT2D eigenvalue weighted by molar-refractivity contribution is -0.114. The van der Waals surface area contributed by atoms with Crippen molar-refractivity contribution in [3.05, 3.63) is 35.5 Å². The van der Waals surface area contributed by atoms with E-state index in [0.717, 1.165) is 21.0 Å². The molecule has 8 nitrogen and oxygen atoms in total. The van der Waals surface area contributed by atoms with Crippen molar-refractivity contribution in [2.24, 2.45) is 5.10 Å². The number of nitrogens with zero attached hydrogens (tertiary/aromatic N) is 5. The van der Waals surface area contributed by atoms with Crippen molar-refractivity contribution in [2.45, 2.75) is 20.0 Å². The second-order valence-corrected chi connectivity index (χ2v) is 8.17. The number of amides is 2. The summed E-state index contributed by atoms with van der Waals surface area (Å²) in [5.74, 6) is -0.873. The maximum absolute atomic E-state index is 13.8. The number of carbonyl (C=O) groups excluding carboxylic acids is 2. The van der Waals surface area contributed by atoms with E-state index in [1.54, 1.807) is 36.1 Å². The summed E-state index contributed by atoms with van der Waals surface area (Å²) in [5.41, 5.74) is -1.00. The van der Waals surface area contributed by atoms with Gasteiger partial charge in [0.15, 0.2) is 5.71 Å². The second-order valence-electron chi connectivity index (χ2n) is 7.16. The van der Waals surface area contributed by atoms with Crippen molar-refractivity contribution in [3.8, 4) is 0 Å². The zero-order valence-corrected chi connectivity index (χ0v) is 18.2. The predicted molar refractivity (Wildman–Crippen MR) is 113 cm³/mol. The highest BCUT2D eigenvalue weighted by Crippen LogP contribution is 2.37. The fourth-order valence-corrected chi connectivity index (χ4v) is 4.52. The Kier molecular flexibility index (Phi) is 5.80. The molecular weight excluding hydrogens is 447 g/mol. The van der Waals surface area contributed by atoms with Gasteiger partial charge >= 0.3 is 12.3 Å². The third kappa shape index (κ3) is 4.01. The summed E-state index contributed by atoms with van der Waals surface area (Å²) in [4.78, 5) is 32.4. The van der Waals surface area contributed by atoms with Crippen LogP contribution in [0.15, 0.2) is 40.6 Å². The number of alkyl halides is 3. The molecule has 0 aliphatic carbocycles. The van der Waals surface area contributed by atoms with E-state index in [9.17, 15) is 22.8 Å². The standard InChI is InChI=1S/C20H20F3N5O3S/c1-3-31-19(30)27-10-8-26(9-11-27)12(2)15-16(20(21,22)23)25-28(17(15)29)18-24-13-6-4-5-7-14(13)32-18/h4-7H,3,8-11H2,1-2H3/b15-12-. The number of aromatic nitrogens is 1. The quantitative estimate of drug-likeness (QED) is 0.645. The molecule has 0 atom stereocenters. The fourth-order valence-electron chi connectivity index (χ4n) is 3.60.